The fraction of sp³-hybridized carbons (Fsp3) is 0.304. The smallest absolute Gasteiger partial charge is 0.337 e. The summed E-state index contributed by atoms with van der Waals surface area (Å²) in [4.78, 5) is 47.8. The molecular weight excluding hydrogens is 495 g/mol. The van der Waals surface area contributed by atoms with Gasteiger partial charge in [-0.05, 0) is 30.5 Å². The van der Waals surface area contributed by atoms with Gasteiger partial charge in [0.05, 0.1) is 0 Å². The maximum Gasteiger partial charge on any atom is 0.337 e. The molecule has 2 aromatic rings. The van der Waals surface area contributed by atoms with Crippen molar-refractivity contribution in [2.24, 2.45) is 0 Å². The lowest BCUT2D eigenvalue weighted by Gasteiger charge is -2.28. The van der Waals surface area contributed by atoms with E-state index in [0.717, 1.165) is 5.56 Å². The van der Waals surface area contributed by atoms with Gasteiger partial charge in [-0.15, -0.1) is 0 Å². The molecule has 0 spiro atoms. The Balaban J connectivity index is 1.38. The van der Waals surface area contributed by atoms with Crippen LogP contribution in [0.3, 0.4) is 0 Å². The first-order chi connectivity index (χ1) is 17.1. The molecular formula is C23H19F5N2O6. The highest BCUT2D eigenvalue weighted by atomic mass is 19.2. The standard InChI is InChI=1S/C23H19F5N2O6/c24-18-19(25)21(27)23(22(28)20(18)26)36-17(34)11-35-10-14(31)29-13-6-4-12(5-7-13)2-1-3-15(32)30-9-8-16(30)33/h4-7H,1-3,8-11H2,(H,29,31). The minimum atomic E-state index is -2.40. The minimum absolute atomic E-state index is 0.164. The number of nitrogens with zero attached hydrogens (tertiary/aromatic N) is 1. The number of carbonyl (C=O) groups excluding carboxylic acids is 4. The summed E-state index contributed by atoms with van der Waals surface area (Å²) in [6, 6.07) is 6.62. The molecule has 0 saturated carbocycles. The minimum Gasteiger partial charge on any atom is -0.418 e. The Bertz CT molecular complexity index is 1160. The number of hydrogen-bond acceptors (Lipinski definition) is 6. The van der Waals surface area contributed by atoms with Crippen LogP contribution in [0.5, 0.6) is 5.75 Å². The number of benzene rings is 2. The Labute approximate surface area is 201 Å². The third kappa shape index (κ3) is 6.42. The summed E-state index contributed by atoms with van der Waals surface area (Å²) in [6.45, 7) is -1.22. The van der Waals surface area contributed by atoms with Crippen LogP contribution in [-0.4, -0.2) is 48.3 Å². The molecule has 2 aromatic carbocycles. The van der Waals surface area contributed by atoms with E-state index >= 15 is 0 Å². The number of hydrogen-bond donors (Lipinski definition) is 1. The summed E-state index contributed by atoms with van der Waals surface area (Å²) in [5.41, 5.74) is 1.28. The predicted octanol–water partition coefficient (Wildman–Crippen LogP) is 3.02. The number of esters is 1. The molecule has 0 aliphatic carbocycles. The Morgan fingerprint density at radius 3 is 2.06 bits per heavy atom. The molecule has 1 aliphatic heterocycles. The first-order valence-corrected chi connectivity index (χ1v) is 10.6. The van der Waals surface area contributed by atoms with E-state index in [1.165, 1.54) is 4.90 Å². The molecule has 192 valence electrons. The van der Waals surface area contributed by atoms with Crippen LogP contribution in [-0.2, 0) is 30.3 Å². The summed E-state index contributed by atoms with van der Waals surface area (Å²) in [7, 11) is 0. The van der Waals surface area contributed by atoms with E-state index in [-0.39, 0.29) is 18.2 Å². The van der Waals surface area contributed by atoms with E-state index in [2.05, 4.69) is 10.1 Å². The Kier molecular flexibility index (Phi) is 8.69. The maximum absolute atomic E-state index is 13.5. The fourth-order valence-electron chi connectivity index (χ4n) is 3.15. The SMILES string of the molecule is O=C(COCC(=O)Oc1c(F)c(F)c(F)c(F)c1F)Nc1ccc(CCCC(=O)N2CCC2=O)cc1. The first-order valence-electron chi connectivity index (χ1n) is 10.6. The number of anilines is 1. The van der Waals surface area contributed by atoms with Crippen molar-refractivity contribution < 1.29 is 50.6 Å². The van der Waals surface area contributed by atoms with Crippen LogP contribution >= 0.6 is 0 Å². The lowest BCUT2D eigenvalue weighted by Crippen LogP contribution is -2.47. The zero-order chi connectivity index (χ0) is 26.4. The third-order valence-electron chi connectivity index (χ3n) is 5.08. The van der Waals surface area contributed by atoms with E-state index in [1.807, 2.05) is 0 Å². The largest absolute Gasteiger partial charge is 0.418 e. The van der Waals surface area contributed by atoms with Crippen molar-refractivity contribution in [3.63, 3.8) is 0 Å². The highest BCUT2D eigenvalue weighted by molar-refractivity contribution is 5.99. The van der Waals surface area contributed by atoms with Gasteiger partial charge in [0.15, 0.2) is 0 Å². The highest BCUT2D eigenvalue weighted by Crippen LogP contribution is 2.29. The van der Waals surface area contributed by atoms with E-state index < -0.39 is 59.9 Å². The van der Waals surface area contributed by atoms with Gasteiger partial charge in [-0.25, -0.2) is 18.0 Å². The van der Waals surface area contributed by atoms with Crippen molar-refractivity contribution in [3.8, 4) is 5.75 Å². The molecule has 1 N–H and O–H groups in total. The summed E-state index contributed by atoms with van der Waals surface area (Å²) < 4.78 is 75.2. The molecule has 1 aliphatic rings. The summed E-state index contributed by atoms with van der Waals surface area (Å²) >= 11 is 0. The Morgan fingerprint density at radius 1 is 0.889 bits per heavy atom. The van der Waals surface area contributed by atoms with Crippen molar-refractivity contribution in [1.29, 1.82) is 0 Å². The first kappa shape index (κ1) is 26.7. The maximum atomic E-state index is 13.5. The lowest BCUT2D eigenvalue weighted by molar-refractivity contribution is -0.152. The normalized spacial score (nSPS) is 12.8. The third-order valence-corrected chi connectivity index (χ3v) is 5.08. The monoisotopic (exact) mass is 514 g/mol. The Hall–Kier alpha value is -3.87. The summed E-state index contributed by atoms with van der Waals surface area (Å²) in [6.07, 6.45) is 1.76. The topological polar surface area (TPSA) is 102 Å². The molecule has 0 radical (unpaired) electrons. The molecule has 3 rings (SSSR count). The number of imide groups is 1. The van der Waals surface area contributed by atoms with Gasteiger partial charge in [-0.2, -0.15) is 8.78 Å². The molecule has 0 aromatic heterocycles. The van der Waals surface area contributed by atoms with Gasteiger partial charge in [0, 0.05) is 25.1 Å². The van der Waals surface area contributed by atoms with Gasteiger partial charge in [0.2, 0.25) is 52.6 Å². The number of β-lactam (4-membered cyclic amide) rings is 1. The molecule has 0 bridgehead atoms. The molecule has 13 heteroatoms. The van der Waals surface area contributed by atoms with Crippen molar-refractivity contribution in [3.05, 3.63) is 58.9 Å². The second-order valence-electron chi connectivity index (χ2n) is 7.65. The van der Waals surface area contributed by atoms with Crippen LogP contribution < -0.4 is 10.1 Å². The number of amides is 3. The second kappa shape index (κ2) is 11.7. The highest BCUT2D eigenvalue weighted by Gasteiger charge is 2.29. The zero-order valence-electron chi connectivity index (χ0n) is 18.5. The molecule has 0 atom stereocenters. The van der Waals surface area contributed by atoms with Gasteiger partial charge < -0.3 is 14.8 Å². The van der Waals surface area contributed by atoms with Gasteiger partial charge >= 0.3 is 5.97 Å². The predicted molar refractivity (Wildman–Crippen MR) is 112 cm³/mol. The number of rotatable bonds is 10. The van der Waals surface area contributed by atoms with Crippen LogP contribution in [0.2, 0.25) is 0 Å². The molecule has 1 fully saturated rings. The molecule has 0 unspecified atom stereocenters. The number of ether oxygens (including phenoxy) is 2. The van der Waals surface area contributed by atoms with Gasteiger partial charge in [0.1, 0.15) is 13.2 Å². The molecule has 1 heterocycles. The van der Waals surface area contributed by atoms with Crippen molar-refractivity contribution in [2.75, 3.05) is 25.1 Å². The fourth-order valence-corrected chi connectivity index (χ4v) is 3.15. The van der Waals surface area contributed by atoms with E-state index in [4.69, 9.17) is 4.74 Å². The van der Waals surface area contributed by atoms with Crippen LogP contribution in [0.4, 0.5) is 27.6 Å². The van der Waals surface area contributed by atoms with Gasteiger partial charge in [-0.1, -0.05) is 12.1 Å². The average molecular weight is 514 g/mol. The molecule has 8 nitrogen and oxygen atoms in total. The van der Waals surface area contributed by atoms with E-state index in [0.29, 0.717) is 31.5 Å². The quantitative estimate of drug-likeness (QED) is 0.131. The van der Waals surface area contributed by atoms with Crippen molar-refractivity contribution >= 4 is 29.4 Å². The van der Waals surface area contributed by atoms with Crippen molar-refractivity contribution in [1.82, 2.24) is 4.90 Å². The Morgan fingerprint density at radius 2 is 1.50 bits per heavy atom. The number of carbonyl (C=O) groups is 4. The van der Waals surface area contributed by atoms with E-state index in [1.54, 1.807) is 24.3 Å². The van der Waals surface area contributed by atoms with Gasteiger partial charge in [-0.3, -0.25) is 19.3 Å². The summed E-state index contributed by atoms with van der Waals surface area (Å²) in [5, 5.41) is 2.47. The number of halogens is 5. The van der Waals surface area contributed by atoms with Crippen LogP contribution in [0.25, 0.3) is 0 Å². The van der Waals surface area contributed by atoms with E-state index in [9.17, 15) is 41.1 Å². The van der Waals surface area contributed by atoms with Crippen LogP contribution in [0, 0.1) is 29.1 Å². The summed E-state index contributed by atoms with van der Waals surface area (Å²) in [5.74, 6) is -15.9. The number of nitrogens with one attached hydrogen (secondary N) is 1. The lowest BCUT2D eigenvalue weighted by atomic mass is 10.1. The molecule has 3 amide bonds. The second-order valence-corrected chi connectivity index (χ2v) is 7.65. The number of likely N-dealkylation sites (tertiary alicyclic amines) is 1. The van der Waals surface area contributed by atoms with Crippen molar-refractivity contribution in [2.45, 2.75) is 25.7 Å². The molecule has 36 heavy (non-hydrogen) atoms. The van der Waals surface area contributed by atoms with Crippen LogP contribution in [0.15, 0.2) is 24.3 Å². The average Bonchev–Trinajstić information content (AvgIpc) is 2.84. The van der Waals surface area contributed by atoms with Crippen LogP contribution in [0.1, 0.15) is 24.8 Å². The number of aryl methyl sites for hydroxylation is 1. The molecule has 1 saturated heterocycles. The zero-order valence-corrected chi connectivity index (χ0v) is 18.5. The van der Waals surface area contributed by atoms with Gasteiger partial charge in [0.25, 0.3) is 0 Å².